The summed E-state index contributed by atoms with van der Waals surface area (Å²) in [6, 6.07) is 5.81. The number of aromatic nitrogens is 5. The standard InChI is InChI=1S/C17H20N8O/c1-18-17-21-6-5-15(24-17)25-9-12(13(10-25)26-2)22-14-4-3-11-16(23-14)20-8-7-19-11/h3-8,12-13H,9-10H2,1-2H3,(H,18,21,24)(H,20,22,23)/t12-,13+/m1/s1. The van der Waals surface area contributed by atoms with Crippen LogP contribution in [0, 0.1) is 0 Å². The van der Waals surface area contributed by atoms with E-state index in [1.54, 1.807) is 32.7 Å². The molecular formula is C17H20N8O. The Labute approximate surface area is 150 Å². The number of methoxy groups -OCH3 is 1. The zero-order valence-corrected chi connectivity index (χ0v) is 14.6. The van der Waals surface area contributed by atoms with Crippen LogP contribution in [0.5, 0.6) is 0 Å². The highest BCUT2D eigenvalue weighted by molar-refractivity contribution is 5.71. The summed E-state index contributed by atoms with van der Waals surface area (Å²) in [6.07, 6.45) is 5.07. The molecule has 0 spiro atoms. The molecule has 9 nitrogen and oxygen atoms in total. The molecule has 0 aromatic carbocycles. The van der Waals surface area contributed by atoms with Crippen molar-refractivity contribution >= 4 is 28.7 Å². The molecule has 0 bridgehead atoms. The van der Waals surface area contributed by atoms with E-state index in [1.807, 2.05) is 18.2 Å². The van der Waals surface area contributed by atoms with Crippen molar-refractivity contribution < 1.29 is 4.74 Å². The molecular weight excluding hydrogens is 332 g/mol. The summed E-state index contributed by atoms with van der Waals surface area (Å²) in [4.78, 5) is 23.9. The van der Waals surface area contributed by atoms with Crippen LogP contribution in [0.3, 0.4) is 0 Å². The Bertz CT molecular complexity index is 905. The molecule has 1 aliphatic heterocycles. The van der Waals surface area contributed by atoms with Crippen LogP contribution in [-0.4, -0.2) is 64.3 Å². The summed E-state index contributed by atoms with van der Waals surface area (Å²) in [5.41, 5.74) is 1.39. The molecule has 2 N–H and O–H groups in total. The molecule has 3 aromatic heterocycles. The van der Waals surface area contributed by atoms with Crippen molar-refractivity contribution in [3.63, 3.8) is 0 Å². The van der Waals surface area contributed by atoms with Crippen LogP contribution in [0.2, 0.25) is 0 Å². The van der Waals surface area contributed by atoms with Crippen molar-refractivity contribution in [3.8, 4) is 0 Å². The topological polar surface area (TPSA) is 101 Å². The van der Waals surface area contributed by atoms with Gasteiger partial charge in [0.25, 0.3) is 0 Å². The predicted molar refractivity (Wildman–Crippen MR) is 99.3 cm³/mol. The lowest BCUT2D eigenvalue weighted by atomic mass is 10.2. The lowest BCUT2D eigenvalue weighted by molar-refractivity contribution is 0.113. The van der Waals surface area contributed by atoms with Gasteiger partial charge in [-0.05, 0) is 18.2 Å². The lowest BCUT2D eigenvalue weighted by Crippen LogP contribution is -2.33. The van der Waals surface area contributed by atoms with Crippen LogP contribution in [0.4, 0.5) is 17.6 Å². The van der Waals surface area contributed by atoms with Gasteiger partial charge in [-0.1, -0.05) is 0 Å². The van der Waals surface area contributed by atoms with Crippen LogP contribution < -0.4 is 15.5 Å². The van der Waals surface area contributed by atoms with Crippen LogP contribution in [0.25, 0.3) is 11.2 Å². The minimum absolute atomic E-state index is 0.0161. The van der Waals surface area contributed by atoms with Crippen LogP contribution in [0.15, 0.2) is 36.8 Å². The zero-order chi connectivity index (χ0) is 17.9. The molecule has 0 aliphatic carbocycles. The van der Waals surface area contributed by atoms with Crippen LogP contribution in [0.1, 0.15) is 0 Å². The molecule has 0 radical (unpaired) electrons. The van der Waals surface area contributed by atoms with Crippen molar-refractivity contribution in [2.24, 2.45) is 0 Å². The van der Waals surface area contributed by atoms with E-state index in [4.69, 9.17) is 4.74 Å². The number of hydrogen-bond acceptors (Lipinski definition) is 9. The molecule has 1 aliphatic rings. The van der Waals surface area contributed by atoms with Gasteiger partial charge in [0, 0.05) is 45.8 Å². The van der Waals surface area contributed by atoms with E-state index < -0.39 is 0 Å². The van der Waals surface area contributed by atoms with Gasteiger partial charge in [-0.15, -0.1) is 0 Å². The number of nitrogens with zero attached hydrogens (tertiary/aromatic N) is 6. The number of hydrogen-bond donors (Lipinski definition) is 2. The van der Waals surface area contributed by atoms with Gasteiger partial charge in [-0.2, -0.15) is 4.98 Å². The Morgan fingerprint density at radius 1 is 1.04 bits per heavy atom. The van der Waals surface area contributed by atoms with E-state index in [9.17, 15) is 0 Å². The number of anilines is 3. The lowest BCUT2D eigenvalue weighted by Gasteiger charge is -2.19. The fourth-order valence-electron chi connectivity index (χ4n) is 3.11. The summed E-state index contributed by atoms with van der Waals surface area (Å²) >= 11 is 0. The van der Waals surface area contributed by atoms with Gasteiger partial charge in [0.1, 0.15) is 17.2 Å². The van der Waals surface area contributed by atoms with Gasteiger partial charge in [-0.3, -0.25) is 4.98 Å². The number of rotatable bonds is 5. The minimum Gasteiger partial charge on any atom is -0.377 e. The third-order valence-electron chi connectivity index (χ3n) is 4.42. The summed E-state index contributed by atoms with van der Waals surface area (Å²) in [5.74, 6) is 2.22. The second kappa shape index (κ2) is 7.04. The van der Waals surface area contributed by atoms with E-state index in [1.165, 1.54) is 0 Å². The van der Waals surface area contributed by atoms with Gasteiger partial charge in [0.15, 0.2) is 5.65 Å². The molecule has 0 saturated carbocycles. The van der Waals surface area contributed by atoms with Gasteiger partial charge in [-0.25, -0.2) is 15.0 Å². The quantitative estimate of drug-likeness (QED) is 0.700. The Kier molecular flexibility index (Phi) is 4.44. The molecule has 2 atom stereocenters. The van der Waals surface area contributed by atoms with Crippen molar-refractivity contribution in [2.75, 3.05) is 42.8 Å². The van der Waals surface area contributed by atoms with Gasteiger partial charge in [0.2, 0.25) is 5.95 Å². The largest absolute Gasteiger partial charge is 0.377 e. The van der Waals surface area contributed by atoms with E-state index in [0.717, 1.165) is 30.2 Å². The molecule has 4 heterocycles. The van der Waals surface area contributed by atoms with E-state index in [-0.39, 0.29) is 12.1 Å². The highest BCUT2D eigenvalue weighted by atomic mass is 16.5. The third kappa shape index (κ3) is 3.21. The molecule has 26 heavy (non-hydrogen) atoms. The molecule has 134 valence electrons. The Balaban J connectivity index is 1.53. The second-order valence-electron chi connectivity index (χ2n) is 6.01. The first-order chi connectivity index (χ1) is 12.8. The molecule has 0 unspecified atom stereocenters. The molecule has 1 fully saturated rings. The van der Waals surface area contributed by atoms with Crippen molar-refractivity contribution in [1.82, 2.24) is 24.9 Å². The minimum atomic E-state index is 0.0161. The van der Waals surface area contributed by atoms with Crippen molar-refractivity contribution in [2.45, 2.75) is 12.1 Å². The van der Waals surface area contributed by atoms with Crippen LogP contribution in [-0.2, 0) is 4.74 Å². The van der Waals surface area contributed by atoms with E-state index >= 15 is 0 Å². The zero-order valence-electron chi connectivity index (χ0n) is 14.6. The number of pyridine rings is 1. The Morgan fingerprint density at radius 2 is 1.92 bits per heavy atom. The normalized spacial score (nSPS) is 19.7. The highest BCUT2D eigenvalue weighted by Crippen LogP contribution is 2.23. The first-order valence-corrected chi connectivity index (χ1v) is 8.39. The van der Waals surface area contributed by atoms with Gasteiger partial charge >= 0.3 is 0 Å². The second-order valence-corrected chi connectivity index (χ2v) is 6.01. The molecule has 3 aromatic rings. The number of ether oxygens (including phenoxy) is 1. The summed E-state index contributed by atoms with van der Waals surface area (Å²) < 4.78 is 5.67. The molecule has 4 rings (SSSR count). The third-order valence-corrected chi connectivity index (χ3v) is 4.42. The number of fused-ring (bicyclic) bond motifs is 1. The fraction of sp³-hybridized carbons (Fsp3) is 0.353. The van der Waals surface area contributed by atoms with E-state index in [0.29, 0.717) is 11.6 Å². The highest BCUT2D eigenvalue weighted by Gasteiger charge is 2.34. The number of nitrogens with one attached hydrogen (secondary N) is 2. The van der Waals surface area contributed by atoms with Crippen molar-refractivity contribution in [1.29, 1.82) is 0 Å². The smallest absolute Gasteiger partial charge is 0.224 e. The summed E-state index contributed by atoms with van der Waals surface area (Å²) in [6.45, 7) is 1.49. The van der Waals surface area contributed by atoms with Gasteiger partial charge in [0.05, 0.1) is 12.1 Å². The first kappa shape index (κ1) is 16.4. The Hall–Kier alpha value is -3.07. The maximum atomic E-state index is 5.67. The summed E-state index contributed by atoms with van der Waals surface area (Å²) in [7, 11) is 3.53. The average molecular weight is 352 g/mol. The maximum Gasteiger partial charge on any atom is 0.224 e. The van der Waals surface area contributed by atoms with Crippen LogP contribution >= 0.6 is 0 Å². The molecule has 9 heteroatoms. The predicted octanol–water partition coefficient (Wildman–Crippen LogP) is 1.17. The fourth-order valence-corrected chi connectivity index (χ4v) is 3.11. The Morgan fingerprint density at radius 3 is 2.77 bits per heavy atom. The summed E-state index contributed by atoms with van der Waals surface area (Å²) in [5, 5.41) is 6.42. The van der Waals surface area contributed by atoms with E-state index in [2.05, 4.69) is 40.5 Å². The van der Waals surface area contributed by atoms with Crippen molar-refractivity contribution in [3.05, 3.63) is 36.8 Å². The SMILES string of the molecule is CNc1nccc(N2C[C@H](OC)[C@H](Nc3ccc4nccnc4n3)C2)n1. The first-order valence-electron chi connectivity index (χ1n) is 8.39. The molecule has 0 amide bonds. The van der Waals surface area contributed by atoms with Gasteiger partial charge < -0.3 is 20.3 Å². The maximum absolute atomic E-state index is 5.67. The average Bonchev–Trinajstić information content (AvgIpc) is 3.11. The molecule has 1 saturated heterocycles. The monoisotopic (exact) mass is 352 g/mol.